The number of rotatable bonds is 8. The van der Waals surface area contributed by atoms with Crippen LogP contribution in [0.3, 0.4) is 0 Å². The molecular formula is C22H24O8. The van der Waals surface area contributed by atoms with Gasteiger partial charge in [-0.05, 0) is 30.7 Å². The molecule has 0 unspecified atom stereocenters. The highest BCUT2D eigenvalue weighted by Gasteiger charge is 2.25. The van der Waals surface area contributed by atoms with Crippen LogP contribution in [0, 0.1) is 6.92 Å². The molecule has 0 aliphatic carbocycles. The summed E-state index contributed by atoms with van der Waals surface area (Å²) in [5.41, 5.74) is 1.14. The first-order valence-electron chi connectivity index (χ1n) is 9.12. The molecule has 0 aliphatic heterocycles. The Morgan fingerprint density at radius 1 is 0.900 bits per heavy atom. The number of hydrogen-bond acceptors (Lipinski definition) is 7. The van der Waals surface area contributed by atoms with E-state index in [9.17, 15) is 9.90 Å². The minimum Gasteiger partial charge on any atom is -0.508 e. The summed E-state index contributed by atoms with van der Waals surface area (Å²) in [6, 6.07) is 5.11. The molecule has 0 aromatic heterocycles. The van der Waals surface area contributed by atoms with Crippen LogP contribution in [0.15, 0.2) is 18.2 Å². The molecule has 0 bridgehead atoms. The molecule has 8 nitrogen and oxygen atoms in total. The summed E-state index contributed by atoms with van der Waals surface area (Å²) in [7, 11) is 6.21. The van der Waals surface area contributed by atoms with Crippen molar-refractivity contribution in [2.24, 2.45) is 0 Å². The number of phenols is 1. The lowest BCUT2D eigenvalue weighted by Crippen LogP contribution is -2.08. The van der Waals surface area contributed by atoms with Crippen molar-refractivity contribution in [3.8, 4) is 28.7 Å². The molecule has 8 heteroatoms. The van der Waals surface area contributed by atoms with Gasteiger partial charge in [0.2, 0.25) is 0 Å². The van der Waals surface area contributed by atoms with Gasteiger partial charge in [-0.15, -0.1) is 0 Å². The van der Waals surface area contributed by atoms with E-state index in [0.717, 1.165) is 0 Å². The van der Waals surface area contributed by atoms with Crippen LogP contribution in [-0.2, 0) is 16.1 Å². The molecular weight excluding hydrogens is 392 g/mol. The molecule has 0 radical (unpaired) electrons. The molecule has 2 N–H and O–H groups in total. The van der Waals surface area contributed by atoms with Gasteiger partial charge in [-0.2, -0.15) is 0 Å². The maximum atomic E-state index is 10.8. The molecule has 0 spiro atoms. The number of carboxylic acid groups (broad SMARTS) is 1. The second-order valence-electron chi connectivity index (χ2n) is 6.59. The van der Waals surface area contributed by atoms with Crippen LogP contribution in [0.1, 0.15) is 11.1 Å². The summed E-state index contributed by atoms with van der Waals surface area (Å²) < 4.78 is 27.9. The van der Waals surface area contributed by atoms with E-state index < -0.39 is 12.6 Å². The second-order valence-corrected chi connectivity index (χ2v) is 6.59. The van der Waals surface area contributed by atoms with E-state index >= 15 is 0 Å². The largest absolute Gasteiger partial charge is 0.508 e. The summed E-state index contributed by atoms with van der Waals surface area (Å²) >= 11 is 0. The Balaban J connectivity index is 2.46. The molecule has 3 aromatic rings. The lowest BCUT2D eigenvalue weighted by atomic mass is 9.93. The zero-order valence-electron chi connectivity index (χ0n) is 17.5. The SMILES string of the molecule is COc1ccc(OC)c2c(OC)c3c(C)c(COCC(=O)O)c(O)cc3c(OC)c12. The van der Waals surface area contributed by atoms with Crippen LogP contribution in [0.2, 0.25) is 0 Å². The Morgan fingerprint density at radius 3 is 1.97 bits per heavy atom. The Hall–Kier alpha value is -3.39. The van der Waals surface area contributed by atoms with Crippen molar-refractivity contribution in [2.45, 2.75) is 13.5 Å². The number of aliphatic carboxylic acids is 1. The van der Waals surface area contributed by atoms with Crippen molar-refractivity contribution in [2.75, 3.05) is 35.0 Å². The summed E-state index contributed by atoms with van der Waals surface area (Å²) in [6.45, 7) is 1.26. The summed E-state index contributed by atoms with van der Waals surface area (Å²) in [4.78, 5) is 10.8. The average molecular weight is 416 g/mol. The Morgan fingerprint density at radius 2 is 1.47 bits per heavy atom. The van der Waals surface area contributed by atoms with Crippen molar-refractivity contribution in [1.82, 2.24) is 0 Å². The number of hydrogen-bond donors (Lipinski definition) is 2. The van der Waals surface area contributed by atoms with Gasteiger partial charge in [0.1, 0.15) is 35.4 Å². The molecule has 3 rings (SSSR count). The highest BCUT2D eigenvalue weighted by Crippen LogP contribution is 2.52. The van der Waals surface area contributed by atoms with E-state index in [1.54, 1.807) is 39.5 Å². The first kappa shape index (κ1) is 21.3. The molecule has 0 fully saturated rings. The van der Waals surface area contributed by atoms with Gasteiger partial charge >= 0.3 is 5.97 Å². The number of methoxy groups -OCH3 is 4. The van der Waals surface area contributed by atoms with E-state index in [4.69, 9.17) is 28.8 Å². The van der Waals surface area contributed by atoms with Crippen molar-refractivity contribution in [1.29, 1.82) is 0 Å². The van der Waals surface area contributed by atoms with Crippen molar-refractivity contribution < 1.29 is 38.7 Å². The number of aryl methyl sites for hydroxylation is 1. The third-order valence-corrected chi connectivity index (χ3v) is 5.06. The fourth-order valence-corrected chi connectivity index (χ4v) is 3.77. The molecule has 0 heterocycles. The van der Waals surface area contributed by atoms with E-state index in [0.29, 0.717) is 55.7 Å². The average Bonchev–Trinajstić information content (AvgIpc) is 2.73. The van der Waals surface area contributed by atoms with Crippen LogP contribution in [0.4, 0.5) is 0 Å². The molecule has 0 amide bonds. The zero-order chi connectivity index (χ0) is 22.0. The smallest absolute Gasteiger partial charge is 0.329 e. The number of benzene rings is 3. The number of phenolic OH excluding ortho intramolecular Hbond substituents is 1. The lowest BCUT2D eigenvalue weighted by Gasteiger charge is -2.21. The third-order valence-electron chi connectivity index (χ3n) is 5.06. The van der Waals surface area contributed by atoms with Gasteiger partial charge < -0.3 is 33.9 Å². The quantitative estimate of drug-likeness (QED) is 0.537. The first-order chi connectivity index (χ1) is 14.4. The van der Waals surface area contributed by atoms with Gasteiger partial charge in [-0.1, -0.05) is 0 Å². The van der Waals surface area contributed by atoms with Crippen LogP contribution >= 0.6 is 0 Å². The molecule has 30 heavy (non-hydrogen) atoms. The molecule has 160 valence electrons. The molecule has 0 aliphatic rings. The van der Waals surface area contributed by atoms with Gasteiger partial charge in [-0.3, -0.25) is 0 Å². The van der Waals surface area contributed by atoms with Gasteiger partial charge in [-0.25, -0.2) is 4.79 Å². The highest BCUT2D eigenvalue weighted by molar-refractivity contribution is 6.16. The molecule has 0 saturated heterocycles. The standard InChI is InChI=1S/C22H24O8/c1-11-13(9-30-10-17(24)25)14(23)8-12-18(11)22(29-5)20-16(27-3)7-6-15(26-2)19(20)21(12)28-4/h6-8,23H,9-10H2,1-5H3,(H,24,25). The monoisotopic (exact) mass is 416 g/mol. The van der Waals surface area contributed by atoms with Crippen molar-refractivity contribution >= 4 is 27.5 Å². The fourth-order valence-electron chi connectivity index (χ4n) is 3.77. The maximum Gasteiger partial charge on any atom is 0.329 e. The highest BCUT2D eigenvalue weighted by atomic mass is 16.5. The summed E-state index contributed by atoms with van der Waals surface area (Å²) in [6.07, 6.45) is 0. The normalized spacial score (nSPS) is 11.0. The Labute approximate surface area is 173 Å². The van der Waals surface area contributed by atoms with E-state index in [2.05, 4.69) is 0 Å². The number of aromatic hydroxyl groups is 1. The fraction of sp³-hybridized carbons (Fsp3) is 0.318. The number of carboxylic acids is 1. The van der Waals surface area contributed by atoms with Gasteiger partial charge in [0.05, 0.1) is 45.8 Å². The number of fused-ring (bicyclic) bond motifs is 2. The first-order valence-corrected chi connectivity index (χ1v) is 9.12. The van der Waals surface area contributed by atoms with E-state index in [1.807, 2.05) is 6.92 Å². The number of carbonyl (C=O) groups is 1. The minimum absolute atomic E-state index is 0.0352. The van der Waals surface area contributed by atoms with Crippen LogP contribution < -0.4 is 18.9 Å². The summed E-state index contributed by atoms with van der Waals surface area (Å²) in [5, 5.41) is 22.1. The van der Waals surface area contributed by atoms with Crippen LogP contribution in [0.5, 0.6) is 28.7 Å². The lowest BCUT2D eigenvalue weighted by molar-refractivity contribution is -0.142. The predicted molar refractivity (Wildman–Crippen MR) is 111 cm³/mol. The topological polar surface area (TPSA) is 104 Å². The Kier molecular flexibility index (Phi) is 6.07. The maximum absolute atomic E-state index is 10.8. The van der Waals surface area contributed by atoms with Gasteiger partial charge in [0.25, 0.3) is 0 Å². The van der Waals surface area contributed by atoms with E-state index in [-0.39, 0.29) is 12.4 Å². The Bertz CT molecular complexity index is 1120. The van der Waals surface area contributed by atoms with Crippen LogP contribution in [-0.4, -0.2) is 51.2 Å². The zero-order valence-corrected chi connectivity index (χ0v) is 17.5. The van der Waals surface area contributed by atoms with E-state index in [1.165, 1.54) is 7.11 Å². The summed E-state index contributed by atoms with van der Waals surface area (Å²) in [5.74, 6) is 1.02. The minimum atomic E-state index is -1.09. The van der Waals surface area contributed by atoms with Gasteiger partial charge in [0, 0.05) is 16.3 Å². The molecule has 3 aromatic carbocycles. The number of ether oxygens (including phenoxy) is 5. The third kappa shape index (κ3) is 3.39. The second kappa shape index (κ2) is 8.54. The molecule has 0 atom stereocenters. The van der Waals surface area contributed by atoms with Crippen LogP contribution in [0.25, 0.3) is 21.5 Å². The van der Waals surface area contributed by atoms with Crippen molar-refractivity contribution in [3.63, 3.8) is 0 Å². The van der Waals surface area contributed by atoms with Gasteiger partial charge in [0.15, 0.2) is 0 Å². The molecule has 0 saturated carbocycles. The van der Waals surface area contributed by atoms with Crippen molar-refractivity contribution in [3.05, 3.63) is 29.3 Å². The predicted octanol–water partition coefficient (Wildman–Crippen LogP) is 3.64.